The summed E-state index contributed by atoms with van der Waals surface area (Å²) >= 11 is 13.4. The van der Waals surface area contributed by atoms with Crippen molar-refractivity contribution in [1.29, 1.82) is 0 Å². The zero-order valence-electron chi connectivity index (χ0n) is 80.1. The third-order valence-electron chi connectivity index (χ3n) is 23.0. The van der Waals surface area contributed by atoms with E-state index < -0.39 is 60.0 Å². The average Bonchev–Trinajstić information content (AvgIpc) is 1.58. The lowest BCUT2D eigenvalue weighted by Crippen LogP contribution is -2.04. The third-order valence-corrected chi connectivity index (χ3v) is 41.4. The number of aliphatic hydroxyl groups excluding tert-OH is 1. The zero-order chi connectivity index (χ0) is 102. The van der Waals surface area contributed by atoms with Gasteiger partial charge in [0.25, 0.3) is 0 Å². The molecule has 0 aliphatic rings. The summed E-state index contributed by atoms with van der Waals surface area (Å²) in [4.78, 5) is 70.6. The van der Waals surface area contributed by atoms with Gasteiger partial charge in [-0.05, 0) is 155 Å². The van der Waals surface area contributed by atoms with Crippen molar-refractivity contribution >= 4 is 247 Å². The van der Waals surface area contributed by atoms with Crippen molar-refractivity contribution in [3.8, 4) is 110 Å². The molecule has 16 aromatic heterocycles. The monoisotopic (exact) mass is 2200 g/mol. The van der Waals surface area contributed by atoms with Gasteiger partial charge in [-0.2, -0.15) is 0 Å². The number of imidazole rings is 2. The van der Waals surface area contributed by atoms with Gasteiger partial charge in [0.05, 0.1) is 123 Å². The number of hydrogen-bond donors (Lipinski definition) is 6. The highest BCUT2D eigenvalue weighted by Crippen LogP contribution is 2.50. The van der Waals surface area contributed by atoms with E-state index in [2.05, 4.69) is 95.3 Å². The average molecular weight is 2200 g/mol. The maximum atomic E-state index is 13.0. The van der Waals surface area contributed by atoms with Crippen LogP contribution in [0.5, 0.6) is 0 Å². The van der Waals surface area contributed by atoms with E-state index in [1.54, 1.807) is 59.6 Å². The maximum absolute atomic E-state index is 13.0. The lowest BCUT2D eigenvalue weighted by Gasteiger charge is -2.08. The molecule has 26 nitrogen and oxygen atoms in total. The highest BCUT2D eigenvalue weighted by molar-refractivity contribution is 7.89. The van der Waals surface area contributed by atoms with Crippen LogP contribution in [0.25, 0.3) is 161 Å². The number of fused-ring (bicyclic) bond motifs is 5. The predicted molar refractivity (Wildman–Crippen MR) is 610 cm³/mol. The second kappa shape index (κ2) is 50.0. The van der Waals surface area contributed by atoms with Gasteiger partial charge in [-0.1, -0.05) is 155 Å². The number of nitrogens with two attached hydrogens (primary N) is 5. The van der Waals surface area contributed by atoms with E-state index in [0.717, 1.165) is 204 Å². The molecule has 748 valence electrons. The number of hydrogen-bond acceptors (Lipinski definition) is 33. The Hall–Kier alpha value is -11.8. The van der Waals surface area contributed by atoms with Crippen LogP contribution < -0.4 is 28.7 Å². The first-order chi connectivity index (χ1) is 70.4. The molecule has 5 unspecified atom stereocenters. The number of aryl methyl sites for hydroxylation is 2. The van der Waals surface area contributed by atoms with Crippen LogP contribution in [0.2, 0.25) is 0 Å². The van der Waals surface area contributed by atoms with Gasteiger partial charge in [0.1, 0.15) is 78.1 Å². The molecule has 20 rings (SSSR count). The van der Waals surface area contributed by atoms with Gasteiger partial charge < -0.3 is 52.4 Å². The number of nitrogens with zero attached hydrogens (tertiary/aromatic N) is 11. The van der Waals surface area contributed by atoms with E-state index in [1.807, 2.05) is 160 Å². The zero-order valence-corrected chi connectivity index (χ0v) is 91.5. The number of pyridine rings is 5. The Kier molecular flexibility index (Phi) is 36.6. The van der Waals surface area contributed by atoms with Gasteiger partial charge >= 0.3 is 11.9 Å². The molecule has 40 heteroatoms. The third kappa shape index (κ3) is 24.7. The summed E-state index contributed by atoms with van der Waals surface area (Å²) < 4.78 is 81.3. The normalized spacial score (nSPS) is 12.4. The number of esters is 2. The van der Waals surface area contributed by atoms with Crippen LogP contribution in [0.1, 0.15) is 102 Å². The summed E-state index contributed by atoms with van der Waals surface area (Å²) in [6, 6.07) is 55.7. The van der Waals surface area contributed by atoms with Crippen molar-refractivity contribution in [2.45, 2.75) is 113 Å². The highest BCUT2D eigenvalue weighted by atomic mass is 32.2. The molecule has 0 bridgehead atoms. The quantitative estimate of drug-likeness (QED) is 0.0161. The van der Waals surface area contributed by atoms with Gasteiger partial charge in [-0.3, -0.25) is 25.8 Å². The van der Waals surface area contributed by atoms with Crippen molar-refractivity contribution in [3.05, 3.63) is 234 Å². The minimum absolute atomic E-state index is 0.114. The maximum Gasteiger partial charge on any atom is 0.337 e. The molecule has 0 amide bonds. The molecule has 0 saturated heterocycles. The van der Waals surface area contributed by atoms with Crippen LogP contribution in [0, 0.1) is 0 Å². The molecule has 16 heterocycles. The van der Waals surface area contributed by atoms with Crippen molar-refractivity contribution in [2.24, 2.45) is 14.1 Å². The SMILES string of the molecule is CC(=O)OCCCCS(=O)c1sc2nc(-c3cccs3)cc(-c3ccccc3)c2c1N.CCCCS(=O)c1sc2nc(-c3nccn3C)cc(-c3ccccc3)c2c1N.CCCCS(=O)c1sc2nc(-c3nccs3)cc(-c3ccc(C(=O)OC)cc3)c2c1N.CCCCS(=O)c1sc2nc(-c3nccs3)cc(-c3nccn3C)c2c1N.Nc1c(S(=O)CCCCO)sc2nc(-c3cccs3)cc(-c3ccccc3)c12. The van der Waals surface area contributed by atoms with Crippen LogP contribution in [0.15, 0.2) is 250 Å². The Morgan fingerprint density at radius 2 is 0.697 bits per heavy atom. The molecule has 4 aromatic carbocycles. The molecule has 0 radical (unpaired) electrons. The van der Waals surface area contributed by atoms with Gasteiger partial charge in [-0.15, -0.1) is 102 Å². The number of rotatable bonds is 34. The highest BCUT2D eigenvalue weighted by Gasteiger charge is 2.30. The molecule has 0 fully saturated rings. The summed E-state index contributed by atoms with van der Waals surface area (Å²) in [7, 11) is -0.569. The number of anilines is 5. The van der Waals surface area contributed by atoms with E-state index in [-0.39, 0.29) is 12.6 Å². The Morgan fingerprint density at radius 1 is 0.366 bits per heavy atom. The van der Waals surface area contributed by atoms with Crippen LogP contribution in [-0.2, 0) is 82.4 Å². The Labute approximate surface area is 887 Å². The number of methoxy groups -OCH3 is 1. The first kappa shape index (κ1) is 106. The minimum atomic E-state index is -1.23. The molecule has 11 N–H and O–H groups in total. The number of thiophene rings is 7. The van der Waals surface area contributed by atoms with Gasteiger partial charge in [0.15, 0.2) is 5.82 Å². The Morgan fingerprint density at radius 3 is 1.03 bits per heavy atom. The van der Waals surface area contributed by atoms with E-state index in [1.165, 1.54) is 93.4 Å². The van der Waals surface area contributed by atoms with Gasteiger partial charge in [0, 0.05) is 137 Å². The fraction of sp³-hybridized carbons (Fsp3) is 0.229. The first-order valence-corrected chi connectivity index (χ1v) is 60.6. The lowest BCUT2D eigenvalue weighted by molar-refractivity contribution is -0.141. The van der Waals surface area contributed by atoms with Crippen molar-refractivity contribution < 1.29 is 45.2 Å². The number of ether oxygens (including phenoxy) is 2. The molecule has 0 saturated carbocycles. The second-order valence-corrected chi connectivity index (χ2v) is 50.5. The molecule has 0 aliphatic heterocycles. The number of aliphatic hydroxyl groups is 1. The van der Waals surface area contributed by atoms with E-state index in [4.69, 9.17) is 68.2 Å². The number of unbranched alkanes of at least 4 members (excludes halogenated alkanes) is 5. The summed E-state index contributed by atoms with van der Waals surface area (Å²) in [5, 5.41) is 22.7. The van der Waals surface area contributed by atoms with Crippen LogP contribution in [-0.4, -0.2) is 141 Å². The van der Waals surface area contributed by atoms with Crippen molar-refractivity contribution in [3.63, 3.8) is 0 Å². The standard InChI is InChI=1S/C23H22N2O3S3.C22H21N3O3S3.C21H22N4OS2.C21H20N2O2S3.C18H19N5OS3/c1-15(26)28-11-5-6-13-31(27)23-21(24)20-17(16-8-3-2-4-9-16)14-18(25-22(20)30-23)19-10-7-12-29-19;1-3-4-11-31(27)22-18(23)17-15(13-5-7-14(8-6-13)21(26)28-2)12-16(25-20(17)30-22)19-24-9-10-29-19;1-3-4-12-28(26)21-18(22)17-15(14-8-6-5-7-9-14)13-16(24-20(17)27-21)19-23-10-11-25(19)2;22-19-18-15(14-7-2-1-3-8-14)13-16(17-9-6-11-26-17)23-20(18)27-21(19)28(25)12-5-4-10-24;1-3-4-9-27(24)18-14(19)13-11(15-20-5-7-23(15)2)10-12(22-17(13)26-18)16-21-6-8-25-16/h2-4,7-10,12,14H,5-6,11,13,24H2,1H3;5-10,12H,3-4,11,23H2,1-2H3;5-11,13H,3-4,12,22H2,1-2H3;1-3,6-9,11,13,24H,4-5,10,12,22H2;5-8,10H,3-4,9,19H2,1-2H3. The van der Waals surface area contributed by atoms with Gasteiger partial charge in [0.2, 0.25) is 0 Å². The topological polar surface area (TPSA) is 414 Å². The number of nitrogen functional groups attached to an aromatic ring is 5. The number of carbonyl (C=O) groups excluding carboxylic acids is 2. The number of benzene rings is 4. The summed E-state index contributed by atoms with van der Waals surface area (Å²) in [6.07, 6.45) is 19.2. The summed E-state index contributed by atoms with van der Waals surface area (Å²) in [5.41, 5.74) is 48.7. The fourth-order valence-corrected chi connectivity index (χ4v) is 32.1. The Bertz CT molecular complexity index is 8000. The fourth-order valence-electron chi connectivity index (χ4n) is 15.8. The number of thiazole rings is 2. The number of carbonyl (C=O) groups is 2. The minimum Gasteiger partial charge on any atom is -0.466 e. The van der Waals surface area contributed by atoms with E-state index in [0.29, 0.717) is 112 Å². The molecular formula is C105H104N16O10S14. The molecule has 145 heavy (non-hydrogen) atoms. The van der Waals surface area contributed by atoms with Crippen LogP contribution >= 0.6 is 102 Å². The van der Waals surface area contributed by atoms with Gasteiger partial charge in [-0.25, -0.2) is 49.7 Å². The molecule has 0 aliphatic carbocycles. The van der Waals surface area contributed by atoms with Crippen LogP contribution in [0.4, 0.5) is 28.4 Å². The number of aromatic nitrogens is 11. The molecular weight excluding hydrogens is 2090 g/mol. The van der Waals surface area contributed by atoms with E-state index >= 15 is 0 Å². The molecule has 0 spiro atoms. The largest absolute Gasteiger partial charge is 0.466 e. The smallest absolute Gasteiger partial charge is 0.337 e. The van der Waals surface area contributed by atoms with Crippen molar-refractivity contribution in [2.75, 3.05) is 77.8 Å². The summed E-state index contributed by atoms with van der Waals surface area (Å²) in [5.74, 6) is 3.69. The first-order valence-electron chi connectivity index (χ1n) is 46.4. The Balaban J connectivity index is 0.000000130. The summed E-state index contributed by atoms with van der Waals surface area (Å²) in [6.45, 7) is 8.11. The van der Waals surface area contributed by atoms with Crippen LogP contribution in [0.3, 0.4) is 0 Å². The lowest BCUT2D eigenvalue weighted by atomic mass is 10.0. The van der Waals surface area contributed by atoms with E-state index in [9.17, 15) is 30.6 Å². The molecule has 5 atom stereocenters. The van der Waals surface area contributed by atoms with Crippen molar-refractivity contribution in [1.82, 2.24) is 54.0 Å². The predicted octanol–water partition coefficient (Wildman–Crippen LogP) is 25.4. The molecule has 20 aromatic rings. The second-order valence-electron chi connectivity index (χ2n) is 33.0.